The van der Waals surface area contributed by atoms with Gasteiger partial charge in [-0.15, -0.1) is 0 Å². The maximum absolute atomic E-state index is 5.85. The number of rotatable bonds is 3. The molecule has 3 nitrogen and oxygen atoms in total. The van der Waals surface area contributed by atoms with E-state index in [4.69, 9.17) is 17.3 Å². The van der Waals surface area contributed by atoms with Crippen LogP contribution in [0.15, 0.2) is 4.99 Å². The molecule has 0 aromatic rings. The average Bonchev–Trinajstić information content (AvgIpc) is 1.84. The van der Waals surface area contributed by atoms with Crippen LogP contribution in [-0.2, 0) is 4.74 Å². The van der Waals surface area contributed by atoms with Gasteiger partial charge in [0.15, 0.2) is 6.40 Å². The van der Waals surface area contributed by atoms with Crippen LogP contribution in [0.2, 0.25) is 0 Å². The normalized spacial score (nSPS) is 20.5. The standard InChI is InChI=1S/C6H13ClN2O/c1-5(8)6(2,7)9-4-10-3/h4-5H,8H2,1-3H3/t5-,6?/m0/s1. The second-order valence-electron chi connectivity index (χ2n) is 2.28. The largest absolute Gasteiger partial charge is 0.487 e. The summed E-state index contributed by atoms with van der Waals surface area (Å²) in [4.78, 5) is 3.11. The number of aliphatic imine (C=N–C) groups is 1. The second-order valence-corrected chi connectivity index (χ2v) is 3.05. The van der Waals surface area contributed by atoms with Gasteiger partial charge in [0.1, 0.15) is 5.00 Å². The van der Waals surface area contributed by atoms with E-state index in [9.17, 15) is 0 Å². The number of ether oxygens (including phenoxy) is 1. The predicted octanol–water partition coefficient (Wildman–Crippen LogP) is 0.963. The smallest absolute Gasteiger partial charge is 0.170 e. The van der Waals surface area contributed by atoms with Crippen molar-refractivity contribution < 1.29 is 4.74 Å². The lowest BCUT2D eigenvalue weighted by Crippen LogP contribution is -2.36. The van der Waals surface area contributed by atoms with Gasteiger partial charge in [-0.3, -0.25) is 0 Å². The van der Waals surface area contributed by atoms with E-state index >= 15 is 0 Å². The molecule has 0 rings (SSSR count). The van der Waals surface area contributed by atoms with E-state index in [1.165, 1.54) is 13.5 Å². The molecule has 2 N–H and O–H groups in total. The number of hydrogen-bond donors (Lipinski definition) is 1. The first-order valence-electron chi connectivity index (χ1n) is 3.01. The molecule has 60 valence electrons. The van der Waals surface area contributed by atoms with Crippen LogP contribution in [0.5, 0.6) is 0 Å². The molecule has 0 fully saturated rings. The molecule has 4 heteroatoms. The highest BCUT2D eigenvalue weighted by atomic mass is 35.5. The first kappa shape index (κ1) is 9.72. The van der Waals surface area contributed by atoms with Crippen molar-refractivity contribution in [3.05, 3.63) is 0 Å². The van der Waals surface area contributed by atoms with Crippen LogP contribution < -0.4 is 5.73 Å². The van der Waals surface area contributed by atoms with Crippen molar-refractivity contribution in [3.8, 4) is 0 Å². The van der Waals surface area contributed by atoms with E-state index in [0.717, 1.165) is 0 Å². The van der Waals surface area contributed by atoms with Crippen LogP contribution in [0.3, 0.4) is 0 Å². The van der Waals surface area contributed by atoms with Crippen LogP contribution in [0.25, 0.3) is 0 Å². The lowest BCUT2D eigenvalue weighted by molar-refractivity contribution is 0.411. The Labute approximate surface area is 66.2 Å². The molecule has 1 unspecified atom stereocenters. The van der Waals surface area contributed by atoms with E-state index in [1.807, 2.05) is 0 Å². The molecule has 2 atom stereocenters. The van der Waals surface area contributed by atoms with E-state index in [0.29, 0.717) is 0 Å². The number of methoxy groups -OCH3 is 1. The third-order valence-corrected chi connectivity index (χ3v) is 1.68. The van der Waals surface area contributed by atoms with E-state index < -0.39 is 5.00 Å². The third-order valence-electron chi connectivity index (χ3n) is 1.24. The lowest BCUT2D eigenvalue weighted by Gasteiger charge is -2.20. The van der Waals surface area contributed by atoms with Gasteiger partial charge in [0, 0.05) is 6.04 Å². The zero-order chi connectivity index (χ0) is 8.20. The minimum absolute atomic E-state index is 0.194. The quantitative estimate of drug-likeness (QED) is 0.292. The molecule has 0 aromatic carbocycles. The van der Waals surface area contributed by atoms with Gasteiger partial charge in [0.05, 0.1) is 7.11 Å². The third kappa shape index (κ3) is 3.03. The fourth-order valence-corrected chi connectivity index (χ4v) is 0.313. The van der Waals surface area contributed by atoms with Gasteiger partial charge in [0.2, 0.25) is 0 Å². The predicted molar refractivity (Wildman–Crippen MR) is 43.4 cm³/mol. The molecule has 0 aliphatic carbocycles. The molecule has 0 saturated carbocycles. The van der Waals surface area contributed by atoms with Crippen LogP contribution in [0.4, 0.5) is 0 Å². The second kappa shape index (κ2) is 3.78. The molecule has 0 bridgehead atoms. The number of hydrogen-bond acceptors (Lipinski definition) is 3. The summed E-state index contributed by atoms with van der Waals surface area (Å²) in [6.07, 6.45) is 1.29. The fourth-order valence-electron chi connectivity index (χ4n) is 0.273. The number of alkyl halides is 1. The molecule has 0 aliphatic heterocycles. The Morgan fingerprint density at radius 2 is 2.30 bits per heavy atom. The fraction of sp³-hybridized carbons (Fsp3) is 0.833. The lowest BCUT2D eigenvalue weighted by atomic mass is 10.2. The molecule has 0 aromatic heterocycles. The Hall–Kier alpha value is -0.280. The first-order valence-corrected chi connectivity index (χ1v) is 3.39. The number of halogens is 1. The molecule has 0 spiro atoms. The van der Waals surface area contributed by atoms with Crippen LogP contribution in [0.1, 0.15) is 13.8 Å². The summed E-state index contributed by atoms with van der Waals surface area (Å²) in [6, 6.07) is -0.194. The van der Waals surface area contributed by atoms with Gasteiger partial charge < -0.3 is 10.5 Å². The zero-order valence-corrected chi connectivity index (χ0v) is 7.22. The van der Waals surface area contributed by atoms with E-state index in [-0.39, 0.29) is 6.04 Å². The Balaban J connectivity index is 3.98. The summed E-state index contributed by atoms with van der Waals surface area (Å²) in [5.41, 5.74) is 5.51. The summed E-state index contributed by atoms with van der Waals surface area (Å²) in [5, 5.41) is 0. The highest BCUT2D eigenvalue weighted by Gasteiger charge is 2.23. The molecular weight excluding hydrogens is 152 g/mol. The van der Waals surface area contributed by atoms with Crippen LogP contribution in [0, 0.1) is 0 Å². The van der Waals surface area contributed by atoms with Crippen LogP contribution in [-0.4, -0.2) is 24.6 Å². The Morgan fingerprint density at radius 1 is 1.80 bits per heavy atom. The van der Waals surface area contributed by atoms with Crippen molar-refractivity contribution >= 4 is 18.0 Å². The van der Waals surface area contributed by atoms with Crippen molar-refractivity contribution in [2.24, 2.45) is 10.7 Å². The SMILES string of the molecule is COC=NC(C)(Cl)[C@H](C)N. The van der Waals surface area contributed by atoms with Gasteiger partial charge in [-0.25, -0.2) is 4.99 Å². The number of nitrogens with two attached hydrogens (primary N) is 1. The topological polar surface area (TPSA) is 47.6 Å². The summed E-state index contributed by atoms with van der Waals surface area (Å²) in [6.45, 7) is 3.52. The zero-order valence-electron chi connectivity index (χ0n) is 6.47. The van der Waals surface area contributed by atoms with E-state index in [2.05, 4.69) is 9.73 Å². The number of nitrogens with zero attached hydrogens (tertiary/aromatic N) is 1. The van der Waals surface area contributed by atoms with Crippen molar-refractivity contribution in [2.45, 2.75) is 24.9 Å². The average molecular weight is 165 g/mol. The monoisotopic (exact) mass is 164 g/mol. The molecular formula is C6H13ClN2O. The summed E-state index contributed by atoms with van der Waals surface area (Å²) in [5.74, 6) is 0. The van der Waals surface area contributed by atoms with Gasteiger partial charge >= 0.3 is 0 Å². The Kier molecular flexibility index (Phi) is 3.68. The first-order chi connectivity index (χ1) is 4.50. The molecule has 0 radical (unpaired) electrons. The summed E-state index contributed by atoms with van der Waals surface area (Å²) in [7, 11) is 1.51. The Bertz CT molecular complexity index is 123. The van der Waals surface area contributed by atoms with E-state index in [1.54, 1.807) is 13.8 Å². The summed E-state index contributed by atoms with van der Waals surface area (Å²) >= 11 is 5.85. The summed E-state index contributed by atoms with van der Waals surface area (Å²) < 4.78 is 4.60. The van der Waals surface area contributed by atoms with Crippen molar-refractivity contribution in [1.29, 1.82) is 0 Å². The van der Waals surface area contributed by atoms with Crippen molar-refractivity contribution in [2.75, 3.05) is 7.11 Å². The maximum atomic E-state index is 5.85. The molecule has 0 heterocycles. The van der Waals surface area contributed by atoms with Gasteiger partial charge in [-0.2, -0.15) is 0 Å². The molecule has 0 aliphatic rings. The minimum Gasteiger partial charge on any atom is -0.487 e. The minimum atomic E-state index is -0.754. The van der Waals surface area contributed by atoms with Gasteiger partial charge in [0.25, 0.3) is 0 Å². The molecule has 10 heavy (non-hydrogen) atoms. The maximum Gasteiger partial charge on any atom is 0.170 e. The highest BCUT2D eigenvalue weighted by Crippen LogP contribution is 2.18. The molecule has 0 saturated heterocycles. The molecule has 0 amide bonds. The van der Waals surface area contributed by atoms with Crippen molar-refractivity contribution in [1.82, 2.24) is 0 Å². The highest BCUT2D eigenvalue weighted by molar-refractivity contribution is 6.24. The van der Waals surface area contributed by atoms with Crippen LogP contribution >= 0.6 is 11.6 Å². The van der Waals surface area contributed by atoms with Crippen molar-refractivity contribution in [3.63, 3.8) is 0 Å². The van der Waals surface area contributed by atoms with Gasteiger partial charge in [-0.1, -0.05) is 11.6 Å². The Morgan fingerprint density at radius 3 is 2.60 bits per heavy atom. The van der Waals surface area contributed by atoms with Gasteiger partial charge in [-0.05, 0) is 13.8 Å².